The van der Waals surface area contributed by atoms with E-state index in [2.05, 4.69) is 16.0 Å². The molecule has 5 aromatic rings. The fraction of sp³-hybridized carbons (Fsp3) is 0.234. The molecule has 2 saturated heterocycles. The molecule has 61 heavy (non-hydrogen) atoms. The molecule has 0 radical (unpaired) electrons. The lowest BCUT2D eigenvalue weighted by Gasteiger charge is -2.35. The van der Waals surface area contributed by atoms with E-state index in [1.165, 1.54) is 28.9 Å². The number of anilines is 2. The summed E-state index contributed by atoms with van der Waals surface area (Å²) < 4.78 is 17.5. The molecule has 0 unspecified atom stereocenters. The van der Waals surface area contributed by atoms with Crippen molar-refractivity contribution in [2.75, 3.05) is 16.8 Å². The van der Waals surface area contributed by atoms with Crippen LogP contribution in [0.2, 0.25) is 0 Å². The minimum Gasteiger partial charge on any atom is -0.449 e. The van der Waals surface area contributed by atoms with Gasteiger partial charge in [-0.1, -0.05) is 109 Å². The number of nitrogens with one attached hydrogen (secondary N) is 3. The molecule has 2 fully saturated rings. The third-order valence-electron chi connectivity index (χ3n) is 11.9. The van der Waals surface area contributed by atoms with Crippen LogP contribution < -0.4 is 20.9 Å². The van der Waals surface area contributed by atoms with Gasteiger partial charge in [-0.2, -0.15) is 0 Å². The molecular formula is C47H41N5O9. The summed E-state index contributed by atoms with van der Waals surface area (Å²) in [7, 11) is 0. The number of hydrogen-bond acceptors (Lipinski definition) is 9. The summed E-state index contributed by atoms with van der Waals surface area (Å²) in [4.78, 5) is 84.4. The summed E-state index contributed by atoms with van der Waals surface area (Å²) in [6.45, 7) is 3.11. The Labute approximate surface area is 350 Å². The second-order valence-corrected chi connectivity index (χ2v) is 15.5. The zero-order valence-electron chi connectivity index (χ0n) is 33.2. The molecular weight excluding hydrogens is 779 g/mol. The lowest BCUT2D eigenvalue weighted by molar-refractivity contribution is -0.154. The Bertz CT molecular complexity index is 2550. The smallest absolute Gasteiger partial charge is 0.412 e. The molecule has 5 aromatic carbocycles. The summed E-state index contributed by atoms with van der Waals surface area (Å²) >= 11 is 0. The lowest BCUT2D eigenvalue weighted by Crippen LogP contribution is -2.53. The van der Waals surface area contributed by atoms with Crippen LogP contribution in [0.1, 0.15) is 58.8 Å². The minimum atomic E-state index is -1.54. The molecule has 5 atom stereocenters. The van der Waals surface area contributed by atoms with E-state index >= 15 is 0 Å². The zero-order chi connectivity index (χ0) is 42.4. The van der Waals surface area contributed by atoms with Gasteiger partial charge in [0.05, 0.1) is 16.9 Å². The highest BCUT2D eigenvalue weighted by Crippen LogP contribution is 2.55. The maximum Gasteiger partial charge on any atom is 0.412 e. The Morgan fingerprint density at radius 2 is 1.44 bits per heavy atom. The molecule has 4 aliphatic rings. The number of nitrogens with zero attached hydrogens (tertiary/aromatic N) is 2. The summed E-state index contributed by atoms with van der Waals surface area (Å²) in [6, 6.07) is 35.0. The molecule has 1 aliphatic carbocycles. The molecule has 14 heteroatoms. The van der Waals surface area contributed by atoms with Gasteiger partial charge in [0.25, 0.3) is 11.8 Å². The first kappa shape index (κ1) is 39.0. The number of rotatable bonds is 9. The monoisotopic (exact) mass is 819 g/mol. The van der Waals surface area contributed by atoms with E-state index in [9.17, 15) is 28.8 Å². The van der Waals surface area contributed by atoms with Gasteiger partial charge in [-0.3, -0.25) is 24.2 Å². The highest BCUT2D eigenvalue weighted by molar-refractivity contribution is 6.07. The normalized spacial score (nSPS) is 21.2. The number of carbonyl (C=O) groups excluding carboxylic acids is 6. The van der Waals surface area contributed by atoms with E-state index in [4.69, 9.17) is 14.2 Å². The third-order valence-corrected chi connectivity index (χ3v) is 11.9. The summed E-state index contributed by atoms with van der Waals surface area (Å²) in [5, 5.41) is 8.04. The SMILES string of the molecule is C[C@H](NC(=O)OCC1c2ccccc2-c2ccccc21)C(=O)Nc1ccccc1C(=O)N[C@@H]1C[C@]2(OC1=O)c1ccccc1N1C(=O)[C@H](C)N(C(=O)OCc3ccccc3)[C@@H]12. The Morgan fingerprint density at radius 3 is 2.18 bits per heavy atom. The Hall–Kier alpha value is -7.48. The number of fused-ring (bicyclic) bond motifs is 8. The van der Waals surface area contributed by atoms with E-state index in [0.717, 1.165) is 27.8 Å². The molecule has 3 heterocycles. The van der Waals surface area contributed by atoms with Crippen molar-refractivity contribution in [1.29, 1.82) is 0 Å². The highest BCUT2D eigenvalue weighted by Gasteiger charge is 2.68. The minimum absolute atomic E-state index is 0.0393. The van der Waals surface area contributed by atoms with Crippen molar-refractivity contribution in [1.82, 2.24) is 15.5 Å². The van der Waals surface area contributed by atoms with Crippen molar-refractivity contribution >= 4 is 47.3 Å². The standard InChI is InChI=1S/C47H41N5O9/c1-27(48-45(57)59-26-35-32-18-8-6-16-30(32)31-17-7-9-19-33(31)35)40(53)49-37-22-12-10-20-34(37)41(54)50-38-24-47(61-43(38)56)36-21-11-13-23-39(36)52-42(55)28(2)51(44(47)52)46(58)60-25-29-14-4-3-5-15-29/h3-23,27-28,35,38,44H,24-26H2,1-2H3,(H,48,57)(H,49,53)(H,50,54)/t27-,28-,38+,44-,47-/m0/s1. The van der Waals surface area contributed by atoms with Crippen LogP contribution in [0.4, 0.5) is 21.0 Å². The summed E-state index contributed by atoms with van der Waals surface area (Å²) in [5.41, 5.74) is 4.67. The quantitative estimate of drug-likeness (QED) is 0.116. The average molecular weight is 820 g/mol. The highest BCUT2D eigenvalue weighted by atomic mass is 16.6. The van der Waals surface area contributed by atoms with Gasteiger partial charge in [-0.05, 0) is 59.9 Å². The van der Waals surface area contributed by atoms with E-state index in [0.29, 0.717) is 11.3 Å². The summed E-state index contributed by atoms with van der Waals surface area (Å²) in [5.74, 6) is -2.61. The topological polar surface area (TPSA) is 173 Å². The van der Waals surface area contributed by atoms with Crippen LogP contribution in [-0.4, -0.2) is 71.7 Å². The van der Waals surface area contributed by atoms with Crippen LogP contribution in [0, 0.1) is 0 Å². The maximum absolute atomic E-state index is 13.9. The maximum atomic E-state index is 13.9. The number of para-hydroxylation sites is 2. The number of amides is 5. The molecule has 0 bridgehead atoms. The first-order chi connectivity index (χ1) is 29.6. The largest absolute Gasteiger partial charge is 0.449 e. The Morgan fingerprint density at radius 1 is 0.803 bits per heavy atom. The van der Waals surface area contributed by atoms with E-state index in [-0.39, 0.29) is 42.7 Å². The van der Waals surface area contributed by atoms with E-state index in [1.54, 1.807) is 43.3 Å². The molecule has 9 rings (SSSR count). The second-order valence-electron chi connectivity index (χ2n) is 15.5. The third kappa shape index (κ3) is 6.79. The van der Waals surface area contributed by atoms with Gasteiger partial charge in [0.15, 0.2) is 11.8 Å². The van der Waals surface area contributed by atoms with Crippen molar-refractivity contribution in [2.45, 2.75) is 62.7 Å². The Balaban J connectivity index is 0.870. The predicted octanol–water partition coefficient (Wildman–Crippen LogP) is 6.21. The van der Waals surface area contributed by atoms with Gasteiger partial charge in [-0.15, -0.1) is 0 Å². The van der Waals surface area contributed by atoms with E-state index < -0.39 is 59.9 Å². The molecule has 0 saturated carbocycles. The number of hydrogen-bond donors (Lipinski definition) is 3. The van der Waals surface area contributed by atoms with Crippen LogP contribution in [0.3, 0.4) is 0 Å². The Kier molecular flexibility index (Phi) is 9.98. The van der Waals surface area contributed by atoms with Gasteiger partial charge in [0, 0.05) is 17.9 Å². The van der Waals surface area contributed by atoms with Gasteiger partial charge < -0.3 is 30.2 Å². The van der Waals surface area contributed by atoms with Crippen molar-refractivity contribution in [3.63, 3.8) is 0 Å². The fourth-order valence-electron chi connectivity index (χ4n) is 8.95. The fourth-order valence-corrected chi connectivity index (χ4v) is 8.95. The van der Waals surface area contributed by atoms with Crippen molar-refractivity contribution in [3.05, 3.63) is 155 Å². The molecule has 1 spiro atoms. The number of ether oxygens (including phenoxy) is 3. The van der Waals surface area contributed by atoms with Crippen molar-refractivity contribution in [2.24, 2.45) is 0 Å². The first-order valence-electron chi connectivity index (χ1n) is 20.0. The number of esters is 1. The van der Waals surface area contributed by atoms with Crippen LogP contribution >= 0.6 is 0 Å². The number of benzene rings is 5. The van der Waals surface area contributed by atoms with Gasteiger partial charge >= 0.3 is 18.2 Å². The molecule has 3 N–H and O–H groups in total. The van der Waals surface area contributed by atoms with E-state index in [1.807, 2.05) is 78.9 Å². The predicted molar refractivity (Wildman–Crippen MR) is 222 cm³/mol. The van der Waals surface area contributed by atoms with Gasteiger partial charge in [0.2, 0.25) is 5.91 Å². The van der Waals surface area contributed by atoms with Crippen molar-refractivity contribution in [3.8, 4) is 11.1 Å². The number of alkyl carbamates (subject to hydrolysis) is 1. The van der Waals surface area contributed by atoms with Gasteiger partial charge in [0.1, 0.15) is 31.3 Å². The average Bonchev–Trinajstić information content (AvgIpc) is 3.95. The molecule has 14 nitrogen and oxygen atoms in total. The van der Waals surface area contributed by atoms with Crippen molar-refractivity contribution < 1.29 is 43.0 Å². The molecule has 5 amide bonds. The molecule has 308 valence electrons. The van der Waals surface area contributed by atoms with Crippen LogP contribution in [0.25, 0.3) is 11.1 Å². The summed E-state index contributed by atoms with van der Waals surface area (Å²) in [6.07, 6.45) is -2.75. The van der Waals surface area contributed by atoms with Crippen LogP contribution in [-0.2, 0) is 40.8 Å². The number of carbonyl (C=O) groups is 6. The lowest BCUT2D eigenvalue weighted by atomic mass is 9.88. The van der Waals surface area contributed by atoms with Gasteiger partial charge in [-0.25, -0.2) is 14.4 Å². The van der Waals surface area contributed by atoms with Crippen LogP contribution in [0.5, 0.6) is 0 Å². The zero-order valence-corrected chi connectivity index (χ0v) is 33.2. The molecule has 0 aromatic heterocycles. The second kappa shape index (κ2) is 15.6. The first-order valence-corrected chi connectivity index (χ1v) is 20.0. The molecule has 3 aliphatic heterocycles. The van der Waals surface area contributed by atoms with Crippen LogP contribution in [0.15, 0.2) is 127 Å².